The summed E-state index contributed by atoms with van der Waals surface area (Å²) in [6.07, 6.45) is 3.12. The molecule has 2 nitrogen and oxygen atoms in total. The molecule has 0 spiro atoms. The van der Waals surface area contributed by atoms with Crippen LogP contribution in [0.4, 0.5) is 5.69 Å². The second-order valence-electron chi connectivity index (χ2n) is 4.30. The standard InChI is InChI=1S/C15H24N2/c1-5-11-17(12-6-2)15-10-8-7-9-14(15)13(3)16-4/h5,7-10,13,16H,1,6,11-12H2,2-4H3. The lowest BCUT2D eigenvalue weighted by Gasteiger charge is -2.27. The summed E-state index contributed by atoms with van der Waals surface area (Å²) in [4.78, 5) is 2.39. The molecule has 1 atom stereocenters. The highest BCUT2D eigenvalue weighted by Crippen LogP contribution is 2.26. The number of para-hydroxylation sites is 1. The number of hydrogen-bond donors (Lipinski definition) is 1. The van der Waals surface area contributed by atoms with E-state index in [1.165, 1.54) is 11.3 Å². The molecule has 1 unspecified atom stereocenters. The van der Waals surface area contributed by atoms with Crippen LogP contribution < -0.4 is 10.2 Å². The molecule has 1 N–H and O–H groups in total. The van der Waals surface area contributed by atoms with Crippen LogP contribution >= 0.6 is 0 Å². The smallest absolute Gasteiger partial charge is 0.0417 e. The Labute approximate surface area is 105 Å². The lowest BCUT2D eigenvalue weighted by molar-refractivity contribution is 0.648. The van der Waals surface area contributed by atoms with Gasteiger partial charge in [-0.3, -0.25) is 0 Å². The molecule has 0 amide bonds. The van der Waals surface area contributed by atoms with Gasteiger partial charge in [0, 0.05) is 24.8 Å². The van der Waals surface area contributed by atoms with Gasteiger partial charge < -0.3 is 10.2 Å². The van der Waals surface area contributed by atoms with E-state index < -0.39 is 0 Å². The van der Waals surface area contributed by atoms with Gasteiger partial charge in [-0.05, 0) is 32.0 Å². The number of anilines is 1. The summed E-state index contributed by atoms with van der Waals surface area (Å²) >= 11 is 0. The molecule has 0 aliphatic carbocycles. The van der Waals surface area contributed by atoms with Crippen molar-refractivity contribution in [2.75, 3.05) is 25.0 Å². The lowest BCUT2D eigenvalue weighted by atomic mass is 10.0. The minimum absolute atomic E-state index is 0.371. The fraction of sp³-hybridized carbons (Fsp3) is 0.467. The van der Waals surface area contributed by atoms with Crippen molar-refractivity contribution in [1.82, 2.24) is 5.32 Å². The first-order valence-corrected chi connectivity index (χ1v) is 6.36. The fourth-order valence-corrected chi connectivity index (χ4v) is 2.03. The second kappa shape index (κ2) is 7.13. The molecule has 0 heterocycles. The quantitative estimate of drug-likeness (QED) is 0.725. The van der Waals surface area contributed by atoms with Crippen LogP contribution in [0, 0.1) is 0 Å². The molecule has 0 fully saturated rings. The molecule has 0 saturated carbocycles. The minimum Gasteiger partial charge on any atom is -0.368 e. The van der Waals surface area contributed by atoms with E-state index in [-0.39, 0.29) is 0 Å². The lowest BCUT2D eigenvalue weighted by Crippen LogP contribution is -2.26. The van der Waals surface area contributed by atoms with Gasteiger partial charge in [0.1, 0.15) is 0 Å². The van der Waals surface area contributed by atoms with Crippen molar-refractivity contribution in [2.24, 2.45) is 0 Å². The molecule has 2 heteroatoms. The molecule has 0 bridgehead atoms. The first-order valence-electron chi connectivity index (χ1n) is 6.36. The summed E-state index contributed by atoms with van der Waals surface area (Å²) in [7, 11) is 2.00. The zero-order valence-electron chi connectivity index (χ0n) is 11.2. The highest BCUT2D eigenvalue weighted by atomic mass is 15.1. The molecule has 1 rings (SSSR count). The van der Waals surface area contributed by atoms with Crippen LogP contribution in [0.1, 0.15) is 31.9 Å². The average Bonchev–Trinajstić information content (AvgIpc) is 2.37. The van der Waals surface area contributed by atoms with E-state index in [0.717, 1.165) is 19.5 Å². The summed E-state index contributed by atoms with van der Waals surface area (Å²) in [5, 5.41) is 3.31. The Morgan fingerprint density at radius 2 is 2.12 bits per heavy atom. The van der Waals surface area contributed by atoms with Gasteiger partial charge in [-0.2, -0.15) is 0 Å². The number of nitrogens with zero attached hydrogens (tertiary/aromatic N) is 1. The maximum Gasteiger partial charge on any atom is 0.0417 e. The van der Waals surface area contributed by atoms with Crippen LogP contribution in [0.3, 0.4) is 0 Å². The largest absolute Gasteiger partial charge is 0.368 e. The first-order chi connectivity index (χ1) is 8.24. The highest BCUT2D eigenvalue weighted by Gasteiger charge is 2.12. The van der Waals surface area contributed by atoms with Crippen LogP contribution in [-0.4, -0.2) is 20.1 Å². The summed E-state index contributed by atoms with van der Waals surface area (Å²) in [5.74, 6) is 0. The summed E-state index contributed by atoms with van der Waals surface area (Å²) < 4.78 is 0. The molecule has 0 radical (unpaired) electrons. The van der Waals surface area contributed by atoms with E-state index >= 15 is 0 Å². The molecular formula is C15H24N2. The van der Waals surface area contributed by atoms with Gasteiger partial charge in [0.25, 0.3) is 0 Å². The van der Waals surface area contributed by atoms with Gasteiger partial charge in [-0.15, -0.1) is 6.58 Å². The zero-order valence-corrected chi connectivity index (χ0v) is 11.2. The van der Waals surface area contributed by atoms with E-state index in [1.54, 1.807) is 0 Å². The third kappa shape index (κ3) is 3.60. The van der Waals surface area contributed by atoms with Gasteiger partial charge >= 0.3 is 0 Å². The van der Waals surface area contributed by atoms with Gasteiger partial charge in [0.05, 0.1) is 0 Å². The zero-order chi connectivity index (χ0) is 12.7. The minimum atomic E-state index is 0.371. The monoisotopic (exact) mass is 232 g/mol. The Morgan fingerprint density at radius 3 is 2.71 bits per heavy atom. The van der Waals surface area contributed by atoms with Crippen molar-refractivity contribution in [3.05, 3.63) is 42.5 Å². The van der Waals surface area contributed by atoms with Crippen molar-refractivity contribution < 1.29 is 0 Å². The van der Waals surface area contributed by atoms with Crippen molar-refractivity contribution >= 4 is 5.69 Å². The van der Waals surface area contributed by atoms with Gasteiger partial charge in [-0.1, -0.05) is 31.2 Å². The van der Waals surface area contributed by atoms with Crippen molar-refractivity contribution in [3.63, 3.8) is 0 Å². The van der Waals surface area contributed by atoms with Crippen LogP contribution in [0.25, 0.3) is 0 Å². The van der Waals surface area contributed by atoms with E-state index in [0.29, 0.717) is 6.04 Å². The summed E-state index contributed by atoms with van der Waals surface area (Å²) in [6.45, 7) is 10.2. The maximum atomic E-state index is 3.85. The van der Waals surface area contributed by atoms with E-state index in [4.69, 9.17) is 0 Å². The Balaban J connectivity index is 3.03. The van der Waals surface area contributed by atoms with E-state index in [2.05, 4.69) is 54.9 Å². The third-order valence-corrected chi connectivity index (χ3v) is 3.02. The average molecular weight is 232 g/mol. The van der Waals surface area contributed by atoms with Crippen LogP contribution in [0.5, 0.6) is 0 Å². The number of rotatable bonds is 7. The van der Waals surface area contributed by atoms with E-state index in [1.807, 2.05) is 13.1 Å². The Morgan fingerprint density at radius 1 is 1.41 bits per heavy atom. The van der Waals surface area contributed by atoms with Crippen LogP contribution in [-0.2, 0) is 0 Å². The van der Waals surface area contributed by atoms with Gasteiger partial charge in [0.2, 0.25) is 0 Å². The predicted molar refractivity (Wildman–Crippen MR) is 76.6 cm³/mol. The first kappa shape index (κ1) is 13.8. The second-order valence-corrected chi connectivity index (χ2v) is 4.30. The van der Waals surface area contributed by atoms with Crippen LogP contribution in [0.15, 0.2) is 36.9 Å². The van der Waals surface area contributed by atoms with Gasteiger partial charge in [-0.25, -0.2) is 0 Å². The molecule has 0 saturated heterocycles. The Bertz CT molecular complexity index is 347. The third-order valence-electron chi connectivity index (χ3n) is 3.02. The van der Waals surface area contributed by atoms with E-state index in [9.17, 15) is 0 Å². The predicted octanol–water partition coefficient (Wildman–Crippen LogP) is 3.37. The normalized spacial score (nSPS) is 12.2. The molecule has 1 aromatic rings. The molecule has 17 heavy (non-hydrogen) atoms. The Kier molecular flexibility index (Phi) is 5.78. The maximum absolute atomic E-state index is 3.85. The summed E-state index contributed by atoms with van der Waals surface area (Å²) in [5.41, 5.74) is 2.67. The topological polar surface area (TPSA) is 15.3 Å². The molecule has 94 valence electrons. The molecule has 0 aliphatic heterocycles. The number of benzene rings is 1. The fourth-order valence-electron chi connectivity index (χ4n) is 2.03. The van der Waals surface area contributed by atoms with Crippen molar-refractivity contribution in [1.29, 1.82) is 0 Å². The molecular weight excluding hydrogens is 208 g/mol. The highest BCUT2D eigenvalue weighted by molar-refractivity contribution is 5.55. The number of hydrogen-bond acceptors (Lipinski definition) is 2. The van der Waals surface area contributed by atoms with Gasteiger partial charge in [0.15, 0.2) is 0 Å². The number of nitrogens with one attached hydrogen (secondary N) is 1. The van der Waals surface area contributed by atoms with Crippen molar-refractivity contribution in [2.45, 2.75) is 26.3 Å². The summed E-state index contributed by atoms with van der Waals surface area (Å²) in [6, 6.07) is 8.97. The molecule has 1 aromatic carbocycles. The molecule has 0 aromatic heterocycles. The molecule has 0 aliphatic rings. The van der Waals surface area contributed by atoms with Crippen LogP contribution in [0.2, 0.25) is 0 Å². The Hall–Kier alpha value is -1.28. The SMILES string of the molecule is C=CCN(CCC)c1ccccc1C(C)NC. The van der Waals surface area contributed by atoms with Crippen molar-refractivity contribution in [3.8, 4) is 0 Å².